The average molecular weight is 171 g/mol. The van der Waals surface area contributed by atoms with Crippen molar-refractivity contribution in [3.63, 3.8) is 0 Å². The fourth-order valence-electron chi connectivity index (χ4n) is 0.523. The number of aromatic hydroxyl groups is 1. The number of halogens is 1. The maximum Gasteiger partial charge on any atom is 0.373 e. The van der Waals surface area contributed by atoms with Crippen LogP contribution in [0.5, 0.6) is 5.75 Å². The summed E-state index contributed by atoms with van der Waals surface area (Å²) in [5.74, 6) is -1.06. The summed E-state index contributed by atoms with van der Waals surface area (Å²) in [6.07, 6.45) is 0.250. The topological polar surface area (TPSA) is 80.4 Å². The van der Waals surface area contributed by atoms with Gasteiger partial charge in [0.05, 0.1) is 0 Å². The molecule has 5 heteroatoms. The van der Waals surface area contributed by atoms with Crippen molar-refractivity contribution >= 4 is 11.8 Å². The number of nitrogen functional groups attached to an aromatic ring is 1. The highest BCUT2D eigenvalue weighted by atomic mass is 19.1. The lowest BCUT2D eigenvalue weighted by molar-refractivity contribution is -0.191. The van der Waals surface area contributed by atoms with Gasteiger partial charge in [0.1, 0.15) is 0 Å². The van der Waals surface area contributed by atoms with E-state index < -0.39 is 5.82 Å². The summed E-state index contributed by atoms with van der Waals surface area (Å²) in [6.45, 7) is 0. The first-order valence-corrected chi connectivity index (χ1v) is 2.85. The van der Waals surface area contributed by atoms with Crippen molar-refractivity contribution in [2.75, 3.05) is 5.73 Å². The molecule has 0 fully saturated rings. The van der Waals surface area contributed by atoms with E-state index in [0.717, 1.165) is 6.07 Å². The predicted molar refractivity (Wildman–Crippen MR) is 37.5 cm³/mol. The second kappa shape index (κ2) is 4.87. The highest BCUT2D eigenvalue weighted by Crippen LogP contribution is 2.16. The number of anilines is 1. The minimum absolute atomic E-state index is 0.250. The molecule has 0 aliphatic heterocycles. The standard InChI is InChI=1S/C6H6FNO.CO2/c7-5-3-4(8)1-2-6(5)9;2-1-3/h1-3,9H,8H2;. The molecular weight excluding hydrogens is 165 g/mol. The number of phenols is 1. The van der Waals surface area contributed by atoms with Crippen LogP contribution in [0.1, 0.15) is 0 Å². The highest BCUT2D eigenvalue weighted by Gasteiger charge is 1.96. The van der Waals surface area contributed by atoms with Crippen LogP contribution in [-0.2, 0) is 9.59 Å². The highest BCUT2D eigenvalue weighted by molar-refractivity contribution is 5.42. The molecule has 0 aromatic heterocycles. The largest absolute Gasteiger partial charge is 0.505 e. The van der Waals surface area contributed by atoms with E-state index in [1.165, 1.54) is 12.1 Å². The zero-order valence-electron chi connectivity index (χ0n) is 5.95. The average Bonchev–Trinajstić information content (AvgIpc) is 1.99. The number of carbonyl (C=O) groups excluding carboxylic acids is 2. The number of nitrogens with two attached hydrogens (primary N) is 1. The third-order valence-electron chi connectivity index (χ3n) is 0.972. The number of benzene rings is 1. The molecule has 0 aliphatic rings. The molecule has 3 N–H and O–H groups in total. The first-order chi connectivity index (χ1) is 5.61. The summed E-state index contributed by atoms with van der Waals surface area (Å²) < 4.78 is 12.2. The Morgan fingerprint density at radius 1 is 1.42 bits per heavy atom. The summed E-state index contributed by atoms with van der Waals surface area (Å²) >= 11 is 0. The molecule has 1 rings (SSSR count). The van der Waals surface area contributed by atoms with Crippen LogP contribution in [0.25, 0.3) is 0 Å². The van der Waals surface area contributed by atoms with Crippen LogP contribution in [0, 0.1) is 5.82 Å². The molecule has 1 aromatic rings. The molecule has 64 valence electrons. The van der Waals surface area contributed by atoms with E-state index >= 15 is 0 Å². The summed E-state index contributed by atoms with van der Waals surface area (Å²) in [5, 5.41) is 8.61. The van der Waals surface area contributed by atoms with Crippen LogP contribution in [0.15, 0.2) is 18.2 Å². The number of phenolic OH excluding ortho intramolecular Hbond substituents is 1. The fourth-order valence-corrected chi connectivity index (χ4v) is 0.523. The van der Waals surface area contributed by atoms with Gasteiger partial charge < -0.3 is 10.8 Å². The van der Waals surface area contributed by atoms with Crippen LogP contribution in [0.2, 0.25) is 0 Å². The maximum absolute atomic E-state index is 12.2. The van der Waals surface area contributed by atoms with Gasteiger partial charge in [0.15, 0.2) is 11.6 Å². The lowest BCUT2D eigenvalue weighted by atomic mass is 10.3. The number of hydrogen-bond donors (Lipinski definition) is 2. The Morgan fingerprint density at radius 3 is 2.25 bits per heavy atom. The van der Waals surface area contributed by atoms with Crippen molar-refractivity contribution in [3.05, 3.63) is 24.0 Å². The zero-order chi connectivity index (χ0) is 9.56. The molecular formula is C7H6FNO3. The van der Waals surface area contributed by atoms with Crippen molar-refractivity contribution in [3.8, 4) is 5.75 Å². The third kappa shape index (κ3) is 3.34. The van der Waals surface area contributed by atoms with Crippen LogP contribution in [0.3, 0.4) is 0 Å². The fraction of sp³-hybridized carbons (Fsp3) is 0. The predicted octanol–water partition coefficient (Wildman–Crippen LogP) is 0.530. The Labute approximate surface area is 67.4 Å². The second-order valence-corrected chi connectivity index (χ2v) is 1.79. The van der Waals surface area contributed by atoms with Gasteiger partial charge in [-0.3, -0.25) is 0 Å². The zero-order valence-corrected chi connectivity index (χ0v) is 5.95. The van der Waals surface area contributed by atoms with Crippen LogP contribution in [0.4, 0.5) is 10.1 Å². The first-order valence-electron chi connectivity index (χ1n) is 2.85. The Balaban J connectivity index is 0.000000354. The molecule has 12 heavy (non-hydrogen) atoms. The van der Waals surface area contributed by atoms with E-state index in [2.05, 4.69) is 0 Å². The van der Waals surface area contributed by atoms with E-state index in [1.54, 1.807) is 0 Å². The quantitative estimate of drug-likeness (QED) is 0.440. The van der Waals surface area contributed by atoms with E-state index in [0.29, 0.717) is 5.69 Å². The minimum Gasteiger partial charge on any atom is -0.505 e. The molecule has 1 aromatic carbocycles. The number of rotatable bonds is 0. The van der Waals surface area contributed by atoms with Crippen molar-refractivity contribution in [1.82, 2.24) is 0 Å². The van der Waals surface area contributed by atoms with Gasteiger partial charge in [-0.1, -0.05) is 0 Å². The Kier molecular flexibility index (Phi) is 4.11. The van der Waals surface area contributed by atoms with E-state index in [9.17, 15) is 4.39 Å². The Bertz CT molecular complexity index is 295. The molecule has 0 atom stereocenters. The van der Waals surface area contributed by atoms with Crippen molar-refractivity contribution in [2.45, 2.75) is 0 Å². The number of hydrogen-bond acceptors (Lipinski definition) is 4. The lowest BCUT2D eigenvalue weighted by Gasteiger charge is -1.93. The molecule has 0 saturated heterocycles. The van der Waals surface area contributed by atoms with Crippen LogP contribution < -0.4 is 5.73 Å². The SMILES string of the molecule is Nc1ccc(O)c(F)c1.O=C=O. The van der Waals surface area contributed by atoms with Gasteiger partial charge in [-0.25, -0.2) is 4.39 Å². The summed E-state index contributed by atoms with van der Waals surface area (Å²) in [7, 11) is 0. The van der Waals surface area contributed by atoms with Crippen LogP contribution >= 0.6 is 0 Å². The van der Waals surface area contributed by atoms with Gasteiger partial charge in [-0.2, -0.15) is 9.59 Å². The lowest BCUT2D eigenvalue weighted by Crippen LogP contribution is -1.84. The Hall–Kier alpha value is -1.87. The minimum atomic E-state index is -0.685. The van der Waals surface area contributed by atoms with Crippen molar-refractivity contribution in [2.24, 2.45) is 0 Å². The molecule has 0 heterocycles. The molecule has 0 unspecified atom stereocenters. The third-order valence-corrected chi connectivity index (χ3v) is 0.972. The Morgan fingerprint density at radius 2 is 1.92 bits per heavy atom. The van der Waals surface area contributed by atoms with E-state index in [-0.39, 0.29) is 11.9 Å². The molecule has 0 saturated carbocycles. The molecule has 0 aliphatic carbocycles. The molecule has 4 nitrogen and oxygen atoms in total. The maximum atomic E-state index is 12.2. The van der Waals surface area contributed by atoms with E-state index in [1.807, 2.05) is 0 Å². The molecule has 0 spiro atoms. The molecule has 0 radical (unpaired) electrons. The second-order valence-electron chi connectivity index (χ2n) is 1.79. The van der Waals surface area contributed by atoms with Gasteiger partial charge in [-0.15, -0.1) is 0 Å². The molecule has 0 bridgehead atoms. The van der Waals surface area contributed by atoms with Gasteiger partial charge in [0.2, 0.25) is 0 Å². The van der Waals surface area contributed by atoms with Gasteiger partial charge in [0, 0.05) is 11.8 Å². The van der Waals surface area contributed by atoms with Crippen molar-refractivity contribution in [1.29, 1.82) is 0 Å². The first kappa shape index (κ1) is 10.1. The summed E-state index contributed by atoms with van der Waals surface area (Å²) in [5.41, 5.74) is 5.49. The smallest absolute Gasteiger partial charge is 0.373 e. The molecule has 0 amide bonds. The van der Waals surface area contributed by atoms with Crippen LogP contribution in [-0.4, -0.2) is 11.3 Å². The van der Waals surface area contributed by atoms with Crippen molar-refractivity contribution < 1.29 is 19.1 Å². The normalized spacial score (nSPS) is 7.75. The summed E-state index contributed by atoms with van der Waals surface area (Å²) in [4.78, 5) is 16.2. The van der Waals surface area contributed by atoms with Gasteiger partial charge in [-0.05, 0) is 12.1 Å². The van der Waals surface area contributed by atoms with Gasteiger partial charge >= 0.3 is 6.15 Å². The van der Waals surface area contributed by atoms with Gasteiger partial charge in [0.25, 0.3) is 0 Å². The van der Waals surface area contributed by atoms with E-state index in [4.69, 9.17) is 20.4 Å². The summed E-state index contributed by atoms with van der Waals surface area (Å²) in [6, 6.07) is 3.71. The monoisotopic (exact) mass is 171 g/mol.